The van der Waals surface area contributed by atoms with E-state index in [2.05, 4.69) is 53.3 Å². The third-order valence-corrected chi connectivity index (χ3v) is 3.20. The Balaban J connectivity index is 2.15. The molecule has 0 amide bonds. The Kier molecular flexibility index (Phi) is 3.34. The number of hydrogen-bond acceptors (Lipinski definition) is 2. The molecule has 0 saturated heterocycles. The molecule has 0 fully saturated rings. The van der Waals surface area contributed by atoms with Crippen molar-refractivity contribution < 1.29 is 4.42 Å². The molecule has 0 spiro atoms. The lowest BCUT2D eigenvalue weighted by Gasteiger charge is -2.15. The van der Waals surface area contributed by atoms with E-state index >= 15 is 0 Å². The molecule has 0 aliphatic heterocycles. The van der Waals surface area contributed by atoms with Crippen molar-refractivity contribution >= 4 is 21.6 Å². The van der Waals surface area contributed by atoms with Crippen molar-refractivity contribution in [2.24, 2.45) is 0 Å². The summed E-state index contributed by atoms with van der Waals surface area (Å²) in [4.78, 5) is 0. The zero-order valence-corrected chi connectivity index (χ0v) is 10.9. The van der Waals surface area contributed by atoms with Crippen molar-refractivity contribution in [3.8, 4) is 0 Å². The predicted octanol–water partition coefficient (Wildman–Crippen LogP) is 4.52. The van der Waals surface area contributed by atoms with Crippen molar-refractivity contribution in [2.45, 2.75) is 19.9 Å². The van der Waals surface area contributed by atoms with E-state index in [0.717, 1.165) is 15.7 Å². The molecule has 84 valence electrons. The summed E-state index contributed by atoms with van der Waals surface area (Å²) in [5, 5.41) is 3.43. The van der Waals surface area contributed by atoms with Gasteiger partial charge in [-0.1, -0.05) is 6.07 Å². The fourth-order valence-corrected chi connectivity index (χ4v) is 2.18. The Morgan fingerprint density at radius 3 is 2.75 bits per heavy atom. The van der Waals surface area contributed by atoms with Crippen molar-refractivity contribution in [1.29, 1.82) is 0 Å². The van der Waals surface area contributed by atoms with E-state index < -0.39 is 0 Å². The molecule has 1 atom stereocenters. The lowest BCUT2D eigenvalue weighted by atomic mass is 10.1. The summed E-state index contributed by atoms with van der Waals surface area (Å²) in [5.74, 6) is 0. The van der Waals surface area contributed by atoms with Crippen LogP contribution < -0.4 is 5.32 Å². The predicted molar refractivity (Wildman–Crippen MR) is 69.6 cm³/mol. The van der Waals surface area contributed by atoms with E-state index in [1.807, 2.05) is 6.07 Å². The van der Waals surface area contributed by atoms with Crippen LogP contribution in [0.2, 0.25) is 0 Å². The minimum Gasteiger partial charge on any atom is -0.472 e. The Morgan fingerprint density at radius 2 is 2.12 bits per heavy atom. The fourth-order valence-electron chi connectivity index (χ4n) is 1.58. The zero-order valence-electron chi connectivity index (χ0n) is 9.33. The first-order chi connectivity index (χ1) is 7.66. The van der Waals surface area contributed by atoms with Crippen LogP contribution in [0.1, 0.15) is 24.1 Å². The van der Waals surface area contributed by atoms with Gasteiger partial charge in [0.2, 0.25) is 0 Å². The minimum atomic E-state index is 0.234. The molecule has 0 radical (unpaired) electrons. The molecule has 2 aromatic rings. The third kappa shape index (κ3) is 2.47. The van der Waals surface area contributed by atoms with Crippen LogP contribution in [0.4, 0.5) is 5.69 Å². The van der Waals surface area contributed by atoms with Crippen LogP contribution in [0, 0.1) is 6.92 Å². The highest BCUT2D eigenvalue weighted by Gasteiger charge is 2.08. The average molecular weight is 280 g/mol. The standard InChI is InChI=1S/C13H14BrNO/c1-9-3-4-13(12(14)7-9)15-10(2)11-5-6-16-8-11/h3-8,10,15H,1-2H3. The third-order valence-electron chi connectivity index (χ3n) is 2.54. The van der Waals surface area contributed by atoms with Crippen molar-refractivity contribution in [3.05, 3.63) is 52.4 Å². The summed E-state index contributed by atoms with van der Waals surface area (Å²) in [6.45, 7) is 4.19. The van der Waals surface area contributed by atoms with Gasteiger partial charge in [0.25, 0.3) is 0 Å². The van der Waals surface area contributed by atoms with Gasteiger partial charge in [0.1, 0.15) is 0 Å². The van der Waals surface area contributed by atoms with E-state index in [4.69, 9.17) is 4.42 Å². The molecule has 2 nitrogen and oxygen atoms in total. The minimum absolute atomic E-state index is 0.234. The lowest BCUT2D eigenvalue weighted by Crippen LogP contribution is -2.05. The number of aryl methyl sites for hydroxylation is 1. The highest BCUT2D eigenvalue weighted by atomic mass is 79.9. The molecule has 1 aromatic heterocycles. The summed E-state index contributed by atoms with van der Waals surface area (Å²) in [7, 11) is 0. The molecule has 1 heterocycles. The van der Waals surface area contributed by atoms with Crippen molar-refractivity contribution in [1.82, 2.24) is 0 Å². The van der Waals surface area contributed by atoms with E-state index in [1.165, 1.54) is 5.56 Å². The Labute approximate surface area is 104 Å². The summed E-state index contributed by atoms with van der Waals surface area (Å²) >= 11 is 3.55. The first kappa shape index (κ1) is 11.3. The largest absolute Gasteiger partial charge is 0.472 e. The topological polar surface area (TPSA) is 25.2 Å². The van der Waals surface area contributed by atoms with Gasteiger partial charge < -0.3 is 9.73 Å². The SMILES string of the molecule is Cc1ccc(NC(C)c2ccoc2)c(Br)c1. The van der Waals surface area contributed by atoms with Crippen LogP contribution in [-0.2, 0) is 0 Å². The number of halogens is 1. The molecule has 1 N–H and O–H groups in total. The van der Waals surface area contributed by atoms with Crippen LogP contribution in [-0.4, -0.2) is 0 Å². The molecule has 0 aliphatic carbocycles. The maximum absolute atomic E-state index is 5.07. The van der Waals surface area contributed by atoms with Gasteiger partial charge in [-0.2, -0.15) is 0 Å². The van der Waals surface area contributed by atoms with E-state index in [0.29, 0.717) is 0 Å². The first-order valence-corrected chi connectivity index (χ1v) is 6.01. The van der Waals surface area contributed by atoms with Gasteiger partial charge in [0, 0.05) is 15.7 Å². The van der Waals surface area contributed by atoms with E-state index in [1.54, 1.807) is 12.5 Å². The number of rotatable bonds is 3. The molecule has 1 unspecified atom stereocenters. The second-order valence-corrected chi connectivity index (χ2v) is 4.76. The van der Waals surface area contributed by atoms with Gasteiger partial charge in [-0.3, -0.25) is 0 Å². The quantitative estimate of drug-likeness (QED) is 0.894. The molecule has 16 heavy (non-hydrogen) atoms. The summed E-state index contributed by atoms with van der Waals surface area (Å²) in [6, 6.07) is 8.48. The fraction of sp³-hybridized carbons (Fsp3) is 0.231. The van der Waals surface area contributed by atoms with E-state index in [-0.39, 0.29) is 6.04 Å². The molecular formula is C13H14BrNO. The van der Waals surface area contributed by atoms with Gasteiger partial charge in [-0.25, -0.2) is 0 Å². The smallest absolute Gasteiger partial charge is 0.0955 e. The van der Waals surface area contributed by atoms with Crippen LogP contribution in [0.25, 0.3) is 0 Å². The molecule has 0 bridgehead atoms. The molecule has 2 rings (SSSR count). The Bertz CT molecular complexity index is 465. The average Bonchev–Trinajstić information content (AvgIpc) is 2.75. The second-order valence-electron chi connectivity index (χ2n) is 3.91. The Hall–Kier alpha value is -1.22. The number of nitrogens with one attached hydrogen (secondary N) is 1. The lowest BCUT2D eigenvalue weighted by molar-refractivity contribution is 0.562. The van der Waals surface area contributed by atoms with Crippen molar-refractivity contribution in [2.75, 3.05) is 5.32 Å². The second kappa shape index (κ2) is 4.74. The molecule has 1 aromatic carbocycles. The maximum Gasteiger partial charge on any atom is 0.0955 e. The van der Waals surface area contributed by atoms with Gasteiger partial charge in [-0.15, -0.1) is 0 Å². The highest BCUT2D eigenvalue weighted by molar-refractivity contribution is 9.10. The van der Waals surface area contributed by atoms with Gasteiger partial charge >= 0.3 is 0 Å². The number of benzene rings is 1. The number of hydrogen-bond donors (Lipinski definition) is 1. The first-order valence-electron chi connectivity index (χ1n) is 5.21. The van der Waals surface area contributed by atoms with Crippen molar-refractivity contribution in [3.63, 3.8) is 0 Å². The van der Waals surface area contributed by atoms with Crippen LogP contribution in [0.3, 0.4) is 0 Å². The summed E-state index contributed by atoms with van der Waals surface area (Å²) in [5.41, 5.74) is 3.49. The monoisotopic (exact) mass is 279 g/mol. The Morgan fingerprint density at radius 1 is 1.31 bits per heavy atom. The maximum atomic E-state index is 5.07. The molecule has 3 heteroatoms. The van der Waals surface area contributed by atoms with Crippen LogP contribution in [0.5, 0.6) is 0 Å². The highest BCUT2D eigenvalue weighted by Crippen LogP contribution is 2.27. The number of furan rings is 1. The molecular weight excluding hydrogens is 266 g/mol. The summed E-state index contributed by atoms with van der Waals surface area (Å²) < 4.78 is 6.16. The van der Waals surface area contributed by atoms with Gasteiger partial charge in [0.15, 0.2) is 0 Å². The normalized spacial score (nSPS) is 12.4. The molecule has 0 aliphatic rings. The van der Waals surface area contributed by atoms with Crippen LogP contribution in [0.15, 0.2) is 45.7 Å². The summed E-state index contributed by atoms with van der Waals surface area (Å²) in [6.07, 6.45) is 3.46. The number of anilines is 1. The molecule has 0 saturated carbocycles. The van der Waals surface area contributed by atoms with Crippen LogP contribution >= 0.6 is 15.9 Å². The zero-order chi connectivity index (χ0) is 11.5. The van der Waals surface area contributed by atoms with E-state index in [9.17, 15) is 0 Å². The van der Waals surface area contributed by atoms with Gasteiger partial charge in [0.05, 0.1) is 18.6 Å². The van der Waals surface area contributed by atoms with Gasteiger partial charge in [-0.05, 0) is 53.5 Å².